The Morgan fingerprint density at radius 3 is 2.45 bits per heavy atom. The molecule has 4 heteroatoms. The Bertz CT molecular complexity index is 1140. The van der Waals surface area contributed by atoms with Crippen molar-refractivity contribution >= 4 is 23.1 Å². The molecule has 0 spiro atoms. The first-order chi connectivity index (χ1) is 14.2. The lowest BCUT2D eigenvalue weighted by Gasteiger charge is -2.16. The van der Waals surface area contributed by atoms with Gasteiger partial charge in [-0.25, -0.2) is 0 Å². The SMILES string of the molecule is C[C@H](NC(=O)c1cccc2ccn(Cc3ccccc3)c12)c1ccc(C=O)cc1. The summed E-state index contributed by atoms with van der Waals surface area (Å²) in [7, 11) is 0. The zero-order valence-electron chi connectivity index (χ0n) is 16.2. The van der Waals surface area contributed by atoms with Gasteiger partial charge in [0.2, 0.25) is 0 Å². The van der Waals surface area contributed by atoms with Crippen molar-refractivity contribution < 1.29 is 9.59 Å². The number of carbonyl (C=O) groups excluding carboxylic acids is 2. The molecule has 0 fully saturated rings. The van der Waals surface area contributed by atoms with E-state index in [1.165, 1.54) is 5.56 Å². The van der Waals surface area contributed by atoms with Crippen molar-refractivity contribution in [3.63, 3.8) is 0 Å². The molecule has 1 aromatic heterocycles. The summed E-state index contributed by atoms with van der Waals surface area (Å²) in [5, 5.41) is 4.12. The number of carbonyl (C=O) groups is 2. The third-order valence-electron chi connectivity index (χ3n) is 5.15. The highest BCUT2D eigenvalue weighted by Gasteiger charge is 2.16. The summed E-state index contributed by atoms with van der Waals surface area (Å²) in [5.74, 6) is -0.115. The monoisotopic (exact) mass is 382 g/mol. The molecule has 0 unspecified atom stereocenters. The van der Waals surface area contributed by atoms with Crippen LogP contribution in [0.4, 0.5) is 0 Å². The molecular formula is C25H22N2O2. The van der Waals surface area contributed by atoms with Gasteiger partial charge in [-0.2, -0.15) is 0 Å². The van der Waals surface area contributed by atoms with E-state index in [1.807, 2.05) is 67.7 Å². The van der Waals surface area contributed by atoms with Crippen LogP contribution in [0.5, 0.6) is 0 Å². The molecule has 1 N–H and O–H groups in total. The molecule has 0 aliphatic carbocycles. The second-order valence-corrected chi connectivity index (χ2v) is 7.15. The maximum Gasteiger partial charge on any atom is 0.253 e. The zero-order chi connectivity index (χ0) is 20.2. The van der Waals surface area contributed by atoms with Gasteiger partial charge in [0.15, 0.2) is 0 Å². The predicted octanol–water partition coefficient (Wildman–Crippen LogP) is 4.99. The first kappa shape index (κ1) is 18.7. The molecule has 4 aromatic rings. The van der Waals surface area contributed by atoms with Gasteiger partial charge in [0.1, 0.15) is 6.29 Å². The van der Waals surface area contributed by atoms with Crippen molar-refractivity contribution in [1.82, 2.24) is 9.88 Å². The van der Waals surface area contributed by atoms with Crippen LogP contribution >= 0.6 is 0 Å². The first-order valence-corrected chi connectivity index (χ1v) is 9.63. The summed E-state index contributed by atoms with van der Waals surface area (Å²) in [6.07, 6.45) is 2.84. The van der Waals surface area contributed by atoms with Gasteiger partial charge >= 0.3 is 0 Å². The molecule has 0 radical (unpaired) electrons. The van der Waals surface area contributed by atoms with Crippen LogP contribution in [0.25, 0.3) is 10.9 Å². The molecule has 0 aliphatic heterocycles. The third-order valence-corrected chi connectivity index (χ3v) is 5.15. The average molecular weight is 382 g/mol. The fourth-order valence-electron chi connectivity index (χ4n) is 3.58. The number of aromatic nitrogens is 1. The van der Waals surface area contributed by atoms with Gasteiger partial charge in [-0.1, -0.05) is 66.7 Å². The molecule has 1 atom stereocenters. The van der Waals surface area contributed by atoms with Crippen LogP contribution in [-0.2, 0) is 6.54 Å². The molecule has 1 heterocycles. The summed E-state index contributed by atoms with van der Waals surface area (Å²) in [6, 6.07) is 25.1. The smallest absolute Gasteiger partial charge is 0.253 e. The third kappa shape index (κ3) is 3.97. The molecule has 4 rings (SSSR count). The van der Waals surface area contributed by atoms with Crippen LogP contribution in [0.3, 0.4) is 0 Å². The number of aldehydes is 1. The van der Waals surface area contributed by atoms with E-state index in [0.29, 0.717) is 17.7 Å². The number of fused-ring (bicyclic) bond motifs is 1. The van der Waals surface area contributed by atoms with E-state index >= 15 is 0 Å². The number of nitrogens with one attached hydrogen (secondary N) is 1. The van der Waals surface area contributed by atoms with Crippen LogP contribution in [0, 0.1) is 0 Å². The largest absolute Gasteiger partial charge is 0.345 e. The van der Waals surface area contributed by atoms with E-state index in [-0.39, 0.29) is 11.9 Å². The number of rotatable bonds is 6. The van der Waals surface area contributed by atoms with Crippen molar-refractivity contribution in [2.24, 2.45) is 0 Å². The number of nitrogens with zero attached hydrogens (tertiary/aromatic N) is 1. The van der Waals surface area contributed by atoms with E-state index in [2.05, 4.69) is 22.0 Å². The molecule has 144 valence electrons. The predicted molar refractivity (Wildman–Crippen MR) is 115 cm³/mol. The normalized spacial score (nSPS) is 11.9. The topological polar surface area (TPSA) is 51.1 Å². The fraction of sp³-hybridized carbons (Fsp3) is 0.120. The Hall–Kier alpha value is -3.66. The van der Waals surface area contributed by atoms with Gasteiger partial charge < -0.3 is 9.88 Å². The lowest BCUT2D eigenvalue weighted by molar-refractivity contribution is 0.0940. The van der Waals surface area contributed by atoms with Gasteiger partial charge in [-0.05, 0) is 30.2 Å². The van der Waals surface area contributed by atoms with Crippen LogP contribution in [0.15, 0.2) is 85.1 Å². The molecule has 0 bridgehead atoms. The quantitative estimate of drug-likeness (QED) is 0.478. The highest BCUT2D eigenvalue weighted by molar-refractivity contribution is 6.06. The van der Waals surface area contributed by atoms with Crippen LogP contribution in [-0.4, -0.2) is 16.8 Å². The van der Waals surface area contributed by atoms with Gasteiger partial charge in [-0.15, -0.1) is 0 Å². The number of amides is 1. The van der Waals surface area contributed by atoms with Gasteiger partial charge in [-0.3, -0.25) is 9.59 Å². The Labute approximate surface area is 169 Å². The second kappa shape index (κ2) is 8.15. The van der Waals surface area contributed by atoms with E-state index in [4.69, 9.17) is 0 Å². The summed E-state index contributed by atoms with van der Waals surface area (Å²) >= 11 is 0. The maximum atomic E-state index is 13.1. The van der Waals surface area contributed by atoms with Crippen molar-refractivity contribution in [3.8, 4) is 0 Å². The van der Waals surface area contributed by atoms with Crippen molar-refractivity contribution in [2.45, 2.75) is 19.5 Å². The Balaban J connectivity index is 1.61. The average Bonchev–Trinajstić information content (AvgIpc) is 3.17. The van der Waals surface area contributed by atoms with Crippen molar-refractivity contribution in [1.29, 1.82) is 0 Å². The number of para-hydroxylation sites is 1. The van der Waals surface area contributed by atoms with Crippen molar-refractivity contribution in [2.75, 3.05) is 0 Å². The summed E-state index contributed by atoms with van der Waals surface area (Å²) in [6.45, 7) is 2.65. The number of hydrogen-bond acceptors (Lipinski definition) is 2. The molecule has 4 nitrogen and oxygen atoms in total. The Morgan fingerprint density at radius 2 is 1.72 bits per heavy atom. The van der Waals surface area contributed by atoms with Crippen LogP contribution in [0.1, 0.15) is 44.8 Å². The van der Waals surface area contributed by atoms with E-state index in [1.54, 1.807) is 12.1 Å². The van der Waals surface area contributed by atoms with E-state index in [0.717, 1.165) is 22.8 Å². The summed E-state index contributed by atoms with van der Waals surface area (Å²) in [5.41, 5.74) is 4.34. The standard InChI is InChI=1S/C25H22N2O2/c1-18(21-12-10-20(17-28)11-13-21)26-25(29)23-9-5-8-22-14-15-27(24(22)23)16-19-6-3-2-4-7-19/h2-15,17-18H,16H2,1H3,(H,26,29)/t18-/m0/s1. The van der Waals surface area contributed by atoms with Gasteiger partial charge in [0.25, 0.3) is 5.91 Å². The maximum absolute atomic E-state index is 13.1. The van der Waals surface area contributed by atoms with Gasteiger partial charge in [0, 0.05) is 23.7 Å². The molecular weight excluding hydrogens is 360 g/mol. The summed E-state index contributed by atoms with van der Waals surface area (Å²) < 4.78 is 2.11. The van der Waals surface area contributed by atoms with Crippen LogP contribution in [0.2, 0.25) is 0 Å². The van der Waals surface area contributed by atoms with Gasteiger partial charge in [0.05, 0.1) is 17.1 Å². The second-order valence-electron chi connectivity index (χ2n) is 7.15. The summed E-state index contributed by atoms with van der Waals surface area (Å²) in [4.78, 5) is 23.9. The first-order valence-electron chi connectivity index (χ1n) is 9.63. The molecule has 3 aromatic carbocycles. The number of benzene rings is 3. The highest BCUT2D eigenvalue weighted by atomic mass is 16.1. The Kier molecular flexibility index (Phi) is 5.25. The zero-order valence-corrected chi connectivity index (χ0v) is 16.2. The Morgan fingerprint density at radius 1 is 0.966 bits per heavy atom. The minimum Gasteiger partial charge on any atom is -0.345 e. The minimum atomic E-state index is -0.170. The van der Waals surface area contributed by atoms with E-state index < -0.39 is 0 Å². The molecule has 0 aliphatic rings. The number of hydrogen-bond donors (Lipinski definition) is 1. The molecule has 0 saturated heterocycles. The fourth-order valence-corrected chi connectivity index (χ4v) is 3.58. The van der Waals surface area contributed by atoms with Crippen LogP contribution < -0.4 is 5.32 Å². The van der Waals surface area contributed by atoms with E-state index in [9.17, 15) is 9.59 Å². The molecule has 29 heavy (non-hydrogen) atoms. The highest BCUT2D eigenvalue weighted by Crippen LogP contribution is 2.23. The molecule has 0 saturated carbocycles. The minimum absolute atomic E-state index is 0.115. The molecule has 1 amide bonds. The van der Waals surface area contributed by atoms with Crippen molar-refractivity contribution in [3.05, 3.63) is 107 Å². The lowest BCUT2D eigenvalue weighted by atomic mass is 10.1. The lowest BCUT2D eigenvalue weighted by Crippen LogP contribution is -2.27.